The summed E-state index contributed by atoms with van der Waals surface area (Å²) in [6.45, 7) is -0.321. The second-order valence-corrected chi connectivity index (χ2v) is 5.11. The van der Waals surface area contributed by atoms with Gasteiger partial charge in [0.15, 0.2) is 0 Å². The molecule has 0 saturated heterocycles. The van der Waals surface area contributed by atoms with E-state index in [0.29, 0.717) is 5.57 Å². The number of ether oxygens (including phenoxy) is 2. The molecule has 1 aromatic rings. The van der Waals surface area contributed by atoms with Gasteiger partial charge >= 0.3 is 18.9 Å². The largest absolute Gasteiger partial charge is 0.466 e. The van der Waals surface area contributed by atoms with Gasteiger partial charge in [-0.05, 0) is 5.46 Å². The second kappa shape index (κ2) is 5.81. The summed E-state index contributed by atoms with van der Waals surface area (Å²) in [5.41, 5.74) is 1.50. The van der Waals surface area contributed by atoms with Crippen LogP contribution in [-0.4, -0.2) is 39.2 Å². The molecule has 0 radical (unpaired) electrons. The van der Waals surface area contributed by atoms with Crippen LogP contribution in [0, 0.1) is 0 Å². The Hall–Kier alpha value is -2.34. The predicted octanol–water partition coefficient (Wildman–Crippen LogP) is 0.866. The summed E-state index contributed by atoms with van der Waals surface area (Å²) in [6, 6.07) is 9.61. The van der Waals surface area contributed by atoms with Crippen molar-refractivity contribution in [3.8, 4) is 0 Å². The van der Waals surface area contributed by atoms with Crippen molar-refractivity contribution in [2.45, 2.75) is 11.9 Å². The number of hydrogen-bond donors (Lipinski definition) is 0. The van der Waals surface area contributed by atoms with Crippen LogP contribution in [0.2, 0.25) is 5.82 Å². The highest BCUT2D eigenvalue weighted by atomic mass is 16.5. The van der Waals surface area contributed by atoms with Gasteiger partial charge in [0.2, 0.25) is 0 Å². The number of hydrogen-bond acceptors (Lipinski definition) is 5. The Morgan fingerprint density at radius 3 is 2.27 bits per heavy atom. The van der Waals surface area contributed by atoms with E-state index >= 15 is 0 Å². The van der Waals surface area contributed by atoms with Gasteiger partial charge in [-0.25, -0.2) is 9.59 Å². The van der Waals surface area contributed by atoms with E-state index in [2.05, 4.69) is 0 Å². The Labute approximate surface area is 128 Å². The normalized spacial score (nSPS) is 22.7. The molecule has 0 N–H and O–H groups in total. The third-order valence-electron chi connectivity index (χ3n) is 3.96. The number of esters is 2. The van der Waals surface area contributed by atoms with Gasteiger partial charge in [0.05, 0.1) is 31.5 Å². The highest BCUT2D eigenvalue weighted by Gasteiger charge is 2.48. The van der Waals surface area contributed by atoms with Gasteiger partial charge in [-0.1, -0.05) is 42.5 Å². The summed E-state index contributed by atoms with van der Waals surface area (Å²) in [7, 11) is 2.58. The minimum Gasteiger partial charge on any atom is -0.466 e. The first-order valence-electron chi connectivity index (χ1n) is 6.96. The fourth-order valence-electron chi connectivity index (χ4n) is 2.97. The van der Waals surface area contributed by atoms with Crippen molar-refractivity contribution in [1.29, 1.82) is 0 Å². The van der Waals surface area contributed by atoms with Gasteiger partial charge in [0.1, 0.15) is 0 Å². The number of carbonyl (C=O) groups is 2. The molecular formula is C16H15BO5. The number of allylic oxidation sites excluding steroid dienone is 1. The minimum atomic E-state index is -0.600. The first kappa shape index (κ1) is 14.6. The Morgan fingerprint density at radius 1 is 1.00 bits per heavy atom. The number of benzene rings is 1. The van der Waals surface area contributed by atoms with E-state index in [0.717, 1.165) is 5.46 Å². The van der Waals surface area contributed by atoms with Crippen LogP contribution in [0.4, 0.5) is 0 Å². The number of rotatable bonds is 3. The molecule has 0 amide bonds. The Morgan fingerprint density at radius 2 is 1.64 bits per heavy atom. The molecule has 2 heterocycles. The fourth-order valence-corrected chi connectivity index (χ4v) is 2.97. The lowest BCUT2D eigenvalue weighted by atomic mass is 9.45. The zero-order valence-electron chi connectivity index (χ0n) is 12.3. The average Bonchev–Trinajstić information content (AvgIpc) is 2.60. The lowest BCUT2D eigenvalue weighted by molar-refractivity contribution is -0.140. The van der Waals surface area contributed by atoms with Crippen LogP contribution in [0.5, 0.6) is 0 Å². The van der Waals surface area contributed by atoms with Gasteiger partial charge < -0.3 is 14.1 Å². The monoisotopic (exact) mass is 298 g/mol. The third kappa shape index (κ3) is 2.25. The lowest BCUT2D eigenvalue weighted by Gasteiger charge is -2.38. The molecule has 2 bridgehead atoms. The summed E-state index contributed by atoms with van der Waals surface area (Å²) in [5, 5.41) is 0. The SMILES string of the molecule is COC(=O)C1=C(C(=O)OC)C2C=CC1OB2c1ccccc1. The molecule has 3 aliphatic rings. The van der Waals surface area contributed by atoms with Crippen LogP contribution in [0.15, 0.2) is 53.6 Å². The van der Waals surface area contributed by atoms with Gasteiger partial charge in [-0.15, -0.1) is 0 Å². The van der Waals surface area contributed by atoms with E-state index in [-0.39, 0.29) is 18.3 Å². The van der Waals surface area contributed by atoms with E-state index in [1.165, 1.54) is 14.2 Å². The minimum absolute atomic E-state index is 0.231. The summed E-state index contributed by atoms with van der Waals surface area (Å²) < 4.78 is 15.6. The van der Waals surface area contributed by atoms with E-state index in [9.17, 15) is 9.59 Å². The van der Waals surface area contributed by atoms with Gasteiger partial charge in [-0.3, -0.25) is 0 Å². The maximum atomic E-state index is 12.2. The van der Waals surface area contributed by atoms with Crippen molar-refractivity contribution in [2.75, 3.05) is 14.2 Å². The van der Waals surface area contributed by atoms with Crippen LogP contribution in [-0.2, 0) is 23.7 Å². The highest BCUT2D eigenvalue weighted by Crippen LogP contribution is 2.40. The van der Waals surface area contributed by atoms with Crippen LogP contribution in [0.3, 0.4) is 0 Å². The van der Waals surface area contributed by atoms with E-state index < -0.39 is 18.0 Å². The third-order valence-corrected chi connectivity index (χ3v) is 3.96. The van der Waals surface area contributed by atoms with Gasteiger partial charge in [-0.2, -0.15) is 0 Å². The van der Waals surface area contributed by atoms with Gasteiger partial charge in [0.25, 0.3) is 0 Å². The molecule has 0 aromatic heterocycles. The molecule has 112 valence electrons. The summed E-state index contributed by atoms with van der Waals surface area (Å²) >= 11 is 0. The first-order valence-corrected chi connectivity index (χ1v) is 6.96. The molecule has 2 aliphatic heterocycles. The van der Waals surface area contributed by atoms with Crippen molar-refractivity contribution >= 4 is 24.3 Å². The molecule has 0 spiro atoms. The maximum absolute atomic E-state index is 12.2. The van der Waals surface area contributed by atoms with Crippen LogP contribution in [0.25, 0.3) is 0 Å². The Balaban J connectivity index is 2.08. The average molecular weight is 298 g/mol. The standard InChI is InChI=1S/C16H15BO5/c1-20-15(18)13-11-8-9-12(14(13)16(19)21-2)22-17(11)10-6-4-3-5-7-10/h3-9,11-12H,1-2H3. The fraction of sp³-hybridized carbons (Fsp3) is 0.250. The number of carbonyl (C=O) groups excluding carboxylic acids is 2. The molecule has 1 aliphatic carbocycles. The second-order valence-electron chi connectivity index (χ2n) is 5.11. The predicted molar refractivity (Wildman–Crippen MR) is 80.7 cm³/mol. The lowest BCUT2D eigenvalue weighted by Crippen LogP contribution is -2.50. The zero-order valence-corrected chi connectivity index (χ0v) is 12.3. The maximum Gasteiger partial charge on any atom is 0.339 e. The van der Waals surface area contributed by atoms with Crippen LogP contribution >= 0.6 is 0 Å². The molecule has 22 heavy (non-hydrogen) atoms. The summed E-state index contributed by atoms with van der Waals surface area (Å²) in [6.07, 6.45) is 3.07. The summed E-state index contributed by atoms with van der Waals surface area (Å²) in [4.78, 5) is 24.2. The molecule has 5 nitrogen and oxygen atoms in total. The van der Waals surface area contributed by atoms with E-state index in [1.54, 1.807) is 6.08 Å². The van der Waals surface area contributed by atoms with E-state index in [1.807, 2.05) is 36.4 Å². The molecule has 4 rings (SSSR count). The Bertz CT molecular complexity index is 664. The molecule has 6 heteroatoms. The highest BCUT2D eigenvalue weighted by molar-refractivity contribution is 6.71. The molecule has 0 fully saturated rings. The zero-order chi connectivity index (χ0) is 15.7. The smallest absolute Gasteiger partial charge is 0.339 e. The van der Waals surface area contributed by atoms with Crippen molar-refractivity contribution in [2.24, 2.45) is 0 Å². The summed E-state index contributed by atoms with van der Waals surface area (Å²) in [5.74, 6) is -1.45. The topological polar surface area (TPSA) is 61.8 Å². The number of fused-ring (bicyclic) bond motifs is 1. The quantitative estimate of drug-likeness (QED) is 0.471. The van der Waals surface area contributed by atoms with Crippen molar-refractivity contribution in [1.82, 2.24) is 0 Å². The van der Waals surface area contributed by atoms with Crippen molar-refractivity contribution in [3.05, 3.63) is 53.6 Å². The Kier molecular flexibility index (Phi) is 3.85. The molecular weight excluding hydrogens is 283 g/mol. The molecule has 2 unspecified atom stereocenters. The van der Waals surface area contributed by atoms with Crippen molar-refractivity contribution < 1.29 is 23.7 Å². The molecule has 0 saturated carbocycles. The molecule has 2 atom stereocenters. The van der Waals surface area contributed by atoms with Crippen LogP contribution in [0.1, 0.15) is 0 Å². The van der Waals surface area contributed by atoms with Crippen molar-refractivity contribution in [3.63, 3.8) is 0 Å². The van der Waals surface area contributed by atoms with E-state index in [4.69, 9.17) is 14.1 Å². The number of methoxy groups -OCH3 is 2. The van der Waals surface area contributed by atoms with Gasteiger partial charge in [0, 0.05) is 5.82 Å². The molecule has 1 aromatic carbocycles. The van der Waals surface area contributed by atoms with Crippen LogP contribution < -0.4 is 5.46 Å². The first-order chi connectivity index (χ1) is 10.7.